The van der Waals surface area contributed by atoms with E-state index in [1.807, 2.05) is 30.3 Å². The summed E-state index contributed by atoms with van der Waals surface area (Å²) in [4.78, 5) is 0. The molecule has 1 aromatic rings. The van der Waals surface area contributed by atoms with Crippen LogP contribution in [0.15, 0.2) is 43.0 Å². The Hall–Kier alpha value is -1.08. The van der Waals surface area contributed by atoms with Gasteiger partial charge >= 0.3 is 0 Å². The smallest absolute Gasteiger partial charge is 0.0758 e. The molecule has 0 saturated carbocycles. The molecular weight excluding hydrogens is 148 g/mol. The molecule has 1 radical (unpaired) electrons. The Labute approximate surface area is 73.7 Å². The van der Waals surface area contributed by atoms with Crippen molar-refractivity contribution in [1.29, 1.82) is 0 Å². The highest BCUT2D eigenvalue weighted by Crippen LogP contribution is 2.02. The summed E-state index contributed by atoms with van der Waals surface area (Å²) >= 11 is 0. The molecule has 0 aromatic heterocycles. The lowest BCUT2D eigenvalue weighted by molar-refractivity contribution is 0.100. The van der Waals surface area contributed by atoms with Crippen molar-refractivity contribution < 1.29 is 4.74 Å². The molecule has 0 amide bonds. The standard InChI is InChI=1S/C11H13O/c1-3-10(2)12-9-11-7-5-4-6-8-11/h3-8,10H,1-2,9H2. The molecule has 0 aliphatic rings. The maximum absolute atomic E-state index is 5.35. The zero-order valence-corrected chi connectivity index (χ0v) is 7.07. The lowest BCUT2D eigenvalue weighted by atomic mass is 10.2. The van der Waals surface area contributed by atoms with Crippen molar-refractivity contribution in [2.24, 2.45) is 0 Å². The highest BCUT2D eigenvalue weighted by atomic mass is 16.5. The number of ether oxygens (including phenoxy) is 1. The van der Waals surface area contributed by atoms with Gasteiger partial charge in [0.1, 0.15) is 0 Å². The second kappa shape index (κ2) is 4.73. The SMILES string of the molecule is [CH2]C(C=C)OCc1ccccc1. The maximum Gasteiger partial charge on any atom is 0.0758 e. The molecule has 1 unspecified atom stereocenters. The fraction of sp³-hybridized carbons (Fsp3) is 0.182. The summed E-state index contributed by atoms with van der Waals surface area (Å²) in [6, 6.07) is 10.0. The molecule has 0 spiro atoms. The van der Waals surface area contributed by atoms with Gasteiger partial charge < -0.3 is 4.74 Å². The van der Waals surface area contributed by atoms with Gasteiger partial charge in [-0.15, -0.1) is 6.58 Å². The molecule has 12 heavy (non-hydrogen) atoms. The first-order chi connectivity index (χ1) is 5.83. The third-order valence-corrected chi connectivity index (χ3v) is 1.57. The second-order valence-corrected chi connectivity index (χ2v) is 2.57. The van der Waals surface area contributed by atoms with E-state index in [2.05, 4.69) is 13.5 Å². The molecule has 0 aliphatic carbocycles. The van der Waals surface area contributed by atoms with E-state index < -0.39 is 0 Å². The van der Waals surface area contributed by atoms with Gasteiger partial charge in [0, 0.05) is 0 Å². The van der Waals surface area contributed by atoms with Crippen molar-refractivity contribution in [2.45, 2.75) is 12.7 Å². The number of hydrogen-bond acceptors (Lipinski definition) is 1. The lowest BCUT2D eigenvalue weighted by Gasteiger charge is -2.07. The van der Waals surface area contributed by atoms with Crippen LogP contribution >= 0.6 is 0 Å². The predicted octanol–water partition coefficient (Wildman–Crippen LogP) is 2.59. The molecule has 0 N–H and O–H groups in total. The summed E-state index contributed by atoms with van der Waals surface area (Å²) in [5.41, 5.74) is 1.16. The topological polar surface area (TPSA) is 9.23 Å². The average Bonchev–Trinajstić information content (AvgIpc) is 2.16. The zero-order chi connectivity index (χ0) is 8.81. The lowest BCUT2D eigenvalue weighted by Crippen LogP contribution is -2.03. The molecule has 1 aromatic carbocycles. The van der Waals surface area contributed by atoms with Gasteiger partial charge in [-0.25, -0.2) is 0 Å². The van der Waals surface area contributed by atoms with Gasteiger partial charge in [0.25, 0.3) is 0 Å². The van der Waals surface area contributed by atoms with Gasteiger partial charge in [-0.1, -0.05) is 36.4 Å². The van der Waals surface area contributed by atoms with Gasteiger partial charge in [0.15, 0.2) is 0 Å². The van der Waals surface area contributed by atoms with Crippen molar-refractivity contribution in [3.8, 4) is 0 Å². The Balaban J connectivity index is 2.38. The van der Waals surface area contributed by atoms with Gasteiger partial charge in [0.05, 0.1) is 12.7 Å². The van der Waals surface area contributed by atoms with Crippen LogP contribution in [0.3, 0.4) is 0 Å². The van der Waals surface area contributed by atoms with Crippen LogP contribution in [0.25, 0.3) is 0 Å². The van der Waals surface area contributed by atoms with Crippen molar-refractivity contribution in [3.63, 3.8) is 0 Å². The first-order valence-corrected chi connectivity index (χ1v) is 3.94. The quantitative estimate of drug-likeness (QED) is 0.617. The second-order valence-electron chi connectivity index (χ2n) is 2.57. The van der Waals surface area contributed by atoms with Gasteiger partial charge in [-0.05, 0) is 12.5 Å². The zero-order valence-electron chi connectivity index (χ0n) is 7.07. The molecule has 1 atom stereocenters. The van der Waals surface area contributed by atoms with E-state index in [0.29, 0.717) is 6.61 Å². The summed E-state index contributed by atoms with van der Waals surface area (Å²) < 4.78 is 5.35. The third kappa shape index (κ3) is 2.89. The normalized spacial score (nSPS) is 12.4. The molecule has 63 valence electrons. The molecule has 1 nitrogen and oxygen atoms in total. The van der Waals surface area contributed by atoms with Crippen LogP contribution in [0.4, 0.5) is 0 Å². The van der Waals surface area contributed by atoms with Crippen molar-refractivity contribution in [2.75, 3.05) is 0 Å². The van der Waals surface area contributed by atoms with E-state index in [1.54, 1.807) is 6.08 Å². The number of rotatable bonds is 4. The van der Waals surface area contributed by atoms with Crippen LogP contribution in [-0.4, -0.2) is 6.10 Å². The van der Waals surface area contributed by atoms with Crippen molar-refractivity contribution in [1.82, 2.24) is 0 Å². The molecule has 1 heteroatoms. The van der Waals surface area contributed by atoms with Gasteiger partial charge in [-0.2, -0.15) is 0 Å². The fourth-order valence-electron chi connectivity index (χ4n) is 0.846. The fourth-order valence-corrected chi connectivity index (χ4v) is 0.846. The van der Waals surface area contributed by atoms with Crippen LogP contribution in [0.1, 0.15) is 5.56 Å². The summed E-state index contributed by atoms with van der Waals surface area (Å²) in [6.45, 7) is 7.91. The van der Waals surface area contributed by atoms with E-state index >= 15 is 0 Å². The number of hydrogen-bond donors (Lipinski definition) is 0. The Morgan fingerprint density at radius 1 is 1.33 bits per heavy atom. The molecule has 1 rings (SSSR count). The Morgan fingerprint density at radius 3 is 2.58 bits per heavy atom. The highest BCUT2D eigenvalue weighted by Gasteiger charge is 1.95. The molecule has 0 fully saturated rings. The summed E-state index contributed by atoms with van der Waals surface area (Å²) in [5.74, 6) is 0. The number of benzene rings is 1. The monoisotopic (exact) mass is 161 g/mol. The average molecular weight is 161 g/mol. The minimum atomic E-state index is -0.120. The Bertz CT molecular complexity index is 228. The van der Waals surface area contributed by atoms with Gasteiger partial charge in [-0.3, -0.25) is 0 Å². The maximum atomic E-state index is 5.35. The van der Waals surface area contributed by atoms with Crippen LogP contribution in [0.2, 0.25) is 0 Å². The first kappa shape index (κ1) is 9.01. The Kier molecular flexibility index (Phi) is 3.55. The molecule has 0 saturated heterocycles. The predicted molar refractivity (Wildman–Crippen MR) is 50.6 cm³/mol. The highest BCUT2D eigenvalue weighted by molar-refractivity contribution is 5.13. The van der Waals surface area contributed by atoms with Crippen LogP contribution in [-0.2, 0) is 11.3 Å². The van der Waals surface area contributed by atoms with Crippen molar-refractivity contribution in [3.05, 3.63) is 55.5 Å². The molecule has 0 aliphatic heterocycles. The van der Waals surface area contributed by atoms with Crippen LogP contribution in [0, 0.1) is 6.92 Å². The summed E-state index contributed by atoms with van der Waals surface area (Å²) in [5, 5.41) is 0. The largest absolute Gasteiger partial charge is 0.369 e. The summed E-state index contributed by atoms with van der Waals surface area (Å²) in [6.07, 6.45) is 1.56. The van der Waals surface area contributed by atoms with Gasteiger partial charge in [0.2, 0.25) is 0 Å². The molecular formula is C11H13O. The molecule has 0 heterocycles. The van der Waals surface area contributed by atoms with E-state index in [4.69, 9.17) is 4.74 Å². The van der Waals surface area contributed by atoms with Crippen LogP contribution < -0.4 is 0 Å². The Morgan fingerprint density at radius 2 is 2.00 bits per heavy atom. The third-order valence-electron chi connectivity index (χ3n) is 1.57. The van der Waals surface area contributed by atoms with Crippen LogP contribution in [0.5, 0.6) is 0 Å². The van der Waals surface area contributed by atoms with E-state index in [1.165, 1.54) is 0 Å². The van der Waals surface area contributed by atoms with E-state index in [9.17, 15) is 0 Å². The van der Waals surface area contributed by atoms with E-state index in [-0.39, 0.29) is 6.10 Å². The first-order valence-electron chi connectivity index (χ1n) is 3.94. The van der Waals surface area contributed by atoms with Crippen molar-refractivity contribution >= 4 is 0 Å². The minimum Gasteiger partial charge on any atom is -0.369 e. The van der Waals surface area contributed by atoms with E-state index in [0.717, 1.165) is 5.56 Å². The minimum absolute atomic E-state index is 0.120. The molecule has 0 bridgehead atoms. The summed E-state index contributed by atoms with van der Waals surface area (Å²) in [7, 11) is 0.